The molecule has 0 saturated heterocycles. The first-order chi connectivity index (χ1) is 13.3. The number of halogens is 2. The molecule has 0 aromatic carbocycles. The Hall–Kier alpha value is -1.30. The van der Waals surface area contributed by atoms with Crippen LogP contribution in [0, 0.1) is 5.92 Å². The molecule has 5 heteroatoms. The normalized spacial score (nSPS) is 32.5. The highest BCUT2D eigenvalue weighted by Crippen LogP contribution is 2.36. The standard InChI is InChI=1S/C23H34F2N2O/c1-3-15-7-8-17-5-4-6-21(19(17)10-15)27-14-22(28)20(26)11-16-9-18(24)13-23(2,25)12-16/h8-10,13,15,20-22,27-28H,3-7,11-12,14,26H2,1-2H3/t15?,20-,21-,22+,23?/m0/s1. The van der Waals surface area contributed by atoms with E-state index in [4.69, 9.17) is 5.73 Å². The van der Waals surface area contributed by atoms with Crippen LogP contribution in [0.15, 0.2) is 46.9 Å². The van der Waals surface area contributed by atoms with Gasteiger partial charge in [-0.1, -0.05) is 24.6 Å². The van der Waals surface area contributed by atoms with Crippen molar-refractivity contribution in [2.24, 2.45) is 11.7 Å². The molecule has 0 radical (unpaired) electrons. The van der Waals surface area contributed by atoms with Crippen molar-refractivity contribution in [1.29, 1.82) is 0 Å². The zero-order chi connectivity index (χ0) is 20.3. The van der Waals surface area contributed by atoms with E-state index in [1.165, 1.54) is 24.1 Å². The highest BCUT2D eigenvalue weighted by molar-refractivity contribution is 5.40. The highest BCUT2D eigenvalue weighted by Gasteiger charge is 2.30. The van der Waals surface area contributed by atoms with Crippen molar-refractivity contribution in [3.63, 3.8) is 0 Å². The molecule has 1 saturated carbocycles. The van der Waals surface area contributed by atoms with Crippen LogP contribution in [0.1, 0.15) is 58.8 Å². The van der Waals surface area contributed by atoms with E-state index >= 15 is 0 Å². The predicted octanol–water partition coefficient (Wildman–Crippen LogP) is 4.40. The number of allylic oxidation sites excluding steroid dienone is 5. The highest BCUT2D eigenvalue weighted by atomic mass is 19.1. The summed E-state index contributed by atoms with van der Waals surface area (Å²) in [7, 11) is 0. The maximum absolute atomic E-state index is 14.1. The van der Waals surface area contributed by atoms with E-state index in [1.807, 2.05) is 0 Å². The Morgan fingerprint density at radius 3 is 2.93 bits per heavy atom. The topological polar surface area (TPSA) is 58.3 Å². The predicted molar refractivity (Wildman–Crippen MR) is 110 cm³/mol. The molecule has 3 aliphatic carbocycles. The zero-order valence-corrected chi connectivity index (χ0v) is 17.1. The molecule has 156 valence electrons. The molecule has 0 amide bonds. The summed E-state index contributed by atoms with van der Waals surface area (Å²) in [6.45, 7) is 3.96. The number of fused-ring (bicyclic) bond motifs is 1. The Kier molecular flexibility index (Phi) is 6.89. The van der Waals surface area contributed by atoms with Gasteiger partial charge in [-0.15, -0.1) is 0 Å². The van der Waals surface area contributed by atoms with Gasteiger partial charge in [-0.2, -0.15) is 0 Å². The molecular weight excluding hydrogens is 358 g/mol. The molecule has 0 heterocycles. The number of rotatable bonds is 7. The first-order valence-electron chi connectivity index (χ1n) is 10.6. The number of hydrogen-bond donors (Lipinski definition) is 3. The van der Waals surface area contributed by atoms with Crippen molar-refractivity contribution < 1.29 is 13.9 Å². The minimum absolute atomic E-state index is 0.121. The van der Waals surface area contributed by atoms with E-state index in [-0.39, 0.29) is 12.5 Å². The summed E-state index contributed by atoms with van der Waals surface area (Å²) < 4.78 is 27.8. The van der Waals surface area contributed by atoms with Gasteiger partial charge in [-0.05, 0) is 74.7 Å². The Bertz CT molecular complexity index is 693. The molecule has 0 aliphatic heterocycles. The lowest BCUT2D eigenvalue weighted by Crippen LogP contribution is -2.46. The third-order valence-electron chi connectivity index (χ3n) is 6.21. The van der Waals surface area contributed by atoms with Crippen LogP contribution in [0.2, 0.25) is 0 Å². The number of alkyl halides is 1. The van der Waals surface area contributed by atoms with Gasteiger partial charge in [0.1, 0.15) is 11.5 Å². The third kappa shape index (κ3) is 5.40. The average molecular weight is 393 g/mol. The summed E-state index contributed by atoms with van der Waals surface area (Å²) in [5.41, 5.74) is 7.91. The van der Waals surface area contributed by atoms with Gasteiger partial charge in [0.25, 0.3) is 0 Å². The molecule has 4 N–H and O–H groups in total. The van der Waals surface area contributed by atoms with E-state index in [9.17, 15) is 13.9 Å². The molecule has 3 aliphatic rings. The fourth-order valence-electron chi connectivity index (χ4n) is 4.63. The number of nitrogens with one attached hydrogen (secondary N) is 1. The number of nitrogens with two attached hydrogens (primary N) is 1. The van der Waals surface area contributed by atoms with Crippen molar-refractivity contribution in [1.82, 2.24) is 5.32 Å². The minimum Gasteiger partial charge on any atom is -0.390 e. The van der Waals surface area contributed by atoms with Crippen LogP contribution in [0.5, 0.6) is 0 Å². The monoisotopic (exact) mass is 392 g/mol. The van der Waals surface area contributed by atoms with E-state index in [1.54, 1.807) is 0 Å². The van der Waals surface area contributed by atoms with Crippen molar-refractivity contribution >= 4 is 0 Å². The van der Waals surface area contributed by atoms with Gasteiger partial charge in [0.15, 0.2) is 0 Å². The Balaban J connectivity index is 1.55. The van der Waals surface area contributed by atoms with E-state index < -0.39 is 23.6 Å². The van der Waals surface area contributed by atoms with Crippen LogP contribution in [0.3, 0.4) is 0 Å². The van der Waals surface area contributed by atoms with Crippen LogP contribution in [0.25, 0.3) is 0 Å². The number of aliphatic hydroxyl groups is 1. The minimum atomic E-state index is -1.69. The van der Waals surface area contributed by atoms with E-state index in [2.05, 4.69) is 24.4 Å². The number of hydrogen-bond acceptors (Lipinski definition) is 3. The lowest BCUT2D eigenvalue weighted by molar-refractivity contribution is 0.136. The molecule has 5 atom stereocenters. The Morgan fingerprint density at radius 2 is 2.21 bits per heavy atom. The van der Waals surface area contributed by atoms with Gasteiger partial charge >= 0.3 is 0 Å². The third-order valence-corrected chi connectivity index (χ3v) is 6.21. The quantitative estimate of drug-likeness (QED) is 0.602. The Morgan fingerprint density at radius 1 is 1.43 bits per heavy atom. The average Bonchev–Trinajstić information content (AvgIpc) is 2.63. The molecule has 0 spiro atoms. The Labute approximate surface area is 167 Å². The first-order valence-corrected chi connectivity index (χ1v) is 10.6. The molecule has 0 bridgehead atoms. The summed E-state index contributed by atoms with van der Waals surface area (Å²) in [5.74, 6) is 0.0341. The van der Waals surface area contributed by atoms with Gasteiger partial charge in [-0.3, -0.25) is 0 Å². The summed E-state index contributed by atoms with van der Waals surface area (Å²) in [6.07, 6.45) is 12.4. The van der Waals surface area contributed by atoms with Gasteiger partial charge in [-0.25, -0.2) is 8.78 Å². The lowest BCUT2D eigenvalue weighted by atomic mass is 9.78. The van der Waals surface area contributed by atoms with Gasteiger partial charge in [0.2, 0.25) is 0 Å². The smallest absolute Gasteiger partial charge is 0.133 e. The van der Waals surface area contributed by atoms with Crippen LogP contribution in [-0.4, -0.2) is 35.5 Å². The summed E-state index contributed by atoms with van der Waals surface area (Å²) in [6, 6.07) is -0.303. The molecule has 1 fully saturated rings. The van der Waals surface area contributed by atoms with Crippen molar-refractivity contribution in [3.05, 3.63) is 46.9 Å². The summed E-state index contributed by atoms with van der Waals surface area (Å²) in [5, 5.41) is 14.0. The molecule has 3 nitrogen and oxygen atoms in total. The maximum Gasteiger partial charge on any atom is 0.133 e. The molecular formula is C23H34F2N2O. The van der Waals surface area contributed by atoms with Gasteiger partial charge in [0.05, 0.1) is 6.10 Å². The second kappa shape index (κ2) is 9.02. The van der Waals surface area contributed by atoms with Crippen molar-refractivity contribution in [2.45, 2.75) is 82.6 Å². The van der Waals surface area contributed by atoms with Crippen LogP contribution < -0.4 is 11.1 Å². The van der Waals surface area contributed by atoms with Gasteiger partial charge in [0, 0.05) is 25.0 Å². The van der Waals surface area contributed by atoms with Crippen LogP contribution in [-0.2, 0) is 0 Å². The van der Waals surface area contributed by atoms with Gasteiger partial charge < -0.3 is 16.2 Å². The second-order valence-corrected chi connectivity index (χ2v) is 8.83. The van der Waals surface area contributed by atoms with E-state index in [0.29, 0.717) is 24.5 Å². The molecule has 3 rings (SSSR count). The summed E-state index contributed by atoms with van der Waals surface area (Å²) in [4.78, 5) is 0. The number of aliphatic hydroxyl groups excluding tert-OH is 1. The summed E-state index contributed by atoms with van der Waals surface area (Å²) >= 11 is 0. The SMILES string of the molecule is CCC1C=C2C(=CC1)CCC[C@@H]2NC[C@@H](O)[C@@H](N)CC1=CC(F)=CC(C)(F)C1. The lowest BCUT2D eigenvalue weighted by Gasteiger charge is -2.34. The van der Waals surface area contributed by atoms with Crippen LogP contribution in [0.4, 0.5) is 8.78 Å². The molecule has 2 unspecified atom stereocenters. The van der Waals surface area contributed by atoms with E-state index in [0.717, 1.165) is 38.2 Å². The fraction of sp³-hybridized carbons (Fsp3) is 0.652. The first kappa shape index (κ1) is 21.4. The molecule has 28 heavy (non-hydrogen) atoms. The van der Waals surface area contributed by atoms with Crippen molar-refractivity contribution in [2.75, 3.05) is 6.54 Å². The second-order valence-electron chi connectivity index (χ2n) is 8.83. The molecule has 0 aromatic heterocycles. The largest absolute Gasteiger partial charge is 0.390 e. The fourth-order valence-corrected chi connectivity index (χ4v) is 4.63. The van der Waals surface area contributed by atoms with Crippen LogP contribution >= 0.6 is 0 Å². The molecule has 0 aromatic rings. The zero-order valence-electron chi connectivity index (χ0n) is 17.1. The van der Waals surface area contributed by atoms with Crippen molar-refractivity contribution in [3.8, 4) is 0 Å². The maximum atomic E-state index is 14.1.